The Morgan fingerprint density at radius 2 is 2.00 bits per heavy atom. The minimum absolute atomic E-state index is 0.156. The summed E-state index contributed by atoms with van der Waals surface area (Å²) in [5, 5.41) is 0. The molecule has 2 aliphatic heterocycles. The quantitative estimate of drug-likeness (QED) is 0.842. The normalized spacial score (nSPS) is 22.7. The maximum atomic E-state index is 13.1. The smallest absolute Gasteiger partial charge is 0.256 e. The van der Waals surface area contributed by atoms with E-state index in [9.17, 15) is 4.79 Å². The number of hydrogen-bond acceptors (Lipinski definition) is 3. The van der Waals surface area contributed by atoms with E-state index in [2.05, 4.69) is 30.9 Å². The standard InChI is InChI=1S/C18H26N2O2/c1-14-5-6-17(19-7-3-4-8-19)16(11-14)18(21)20-9-10-22-13-15(2)12-20/h5-6,11,15H,3-4,7-10,12-13H2,1-2H3. The maximum absolute atomic E-state index is 13.1. The number of carbonyl (C=O) groups excluding carboxylic acids is 1. The van der Waals surface area contributed by atoms with Crippen LogP contribution in [0, 0.1) is 12.8 Å². The van der Waals surface area contributed by atoms with Gasteiger partial charge in [0, 0.05) is 31.9 Å². The zero-order valence-corrected chi connectivity index (χ0v) is 13.7. The Labute approximate surface area is 133 Å². The van der Waals surface area contributed by atoms with E-state index in [1.54, 1.807) is 0 Å². The molecule has 0 aliphatic carbocycles. The van der Waals surface area contributed by atoms with Crippen molar-refractivity contribution in [2.24, 2.45) is 5.92 Å². The third kappa shape index (κ3) is 3.27. The summed E-state index contributed by atoms with van der Waals surface area (Å²) < 4.78 is 5.57. The van der Waals surface area contributed by atoms with Crippen molar-refractivity contribution in [3.05, 3.63) is 29.3 Å². The van der Waals surface area contributed by atoms with E-state index in [0.717, 1.165) is 43.1 Å². The van der Waals surface area contributed by atoms with Crippen LogP contribution >= 0.6 is 0 Å². The molecule has 120 valence electrons. The second-order valence-corrected chi connectivity index (χ2v) is 6.65. The Bertz CT molecular complexity index is 538. The Balaban J connectivity index is 1.88. The molecule has 1 unspecified atom stereocenters. The number of carbonyl (C=O) groups is 1. The first-order chi connectivity index (χ1) is 10.6. The second kappa shape index (κ2) is 6.69. The summed E-state index contributed by atoms with van der Waals surface area (Å²) in [5.74, 6) is 0.550. The summed E-state index contributed by atoms with van der Waals surface area (Å²) in [4.78, 5) is 17.4. The zero-order valence-electron chi connectivity index (χ0n) is 13.7. The topological polar surface area (TPSA) is 32.8 Å². The van der Waals surface area contributed by atoms with Gasteiger partial charge in [0.05, 0.1) is 18.8 Å². The van der Waals surface area contributed by atoms with Crippen LogP contribution in [0.4, 0.5) is 5.69 Å². The lowest BCUT2D eigenvalue weighted by Gasteiger charge is -2.26. The molecule has 0 N–H and O–H groups in total. The van der Waals surface area contributed by atoms with Crippen molar-refractivity contribution < 1.29 is 9.53 Å². The third-order valence-electron chi connectivity index (χ3n) is 4.56. The van der Waals surface area contributed by atoms with Crippen LogP contribution in [0.1, 0.15) is 35.7 Å². The van der Waals surface area contributed by atoms with E-state index in [-0.39, 0.29) is 5.91 Å². The summed E-state index contributed by atoms with van der Waals surface area (Å²) in [6.45, 7) is 9.17. The van der Waals surface area contributed by atoms with Crippen LogP contribution in [0.5, 0.6) is 0 Å². The first kappa shape index (κ1) is 15.3. The number of hydrogen-bond donors (Lipinski definition) is 0. The number of aryl methyl sites for hydroxylation is 1. The van der Waals surface area contributed by atoms with Gasteiger partial charge < -0.3 is 14.5 Å². The lowest BCUT2D eigenvalue weighted by Crippen LogP contribution is -2.36. The van der Waals surface area contributed by atoms with E-state index in [0.29, 0.717) is 19.1 Å². The highest BCUT2D eigenvalue weighted by atomic mass is 16.5. The Hall–Kier alpha value is -1.55. The molecule has 1 aromatic carbocycles. The summed E-state index contributed by atoms with van der Waals surface area (Å²) in [6, 6.07) is 6.27. The van der Waals surface area contributed by atoms with E-state index in [1.807, 2.05) is 11.0 Å². The van der Waals surface area contributed by atoms with Gasteiger partial charge in [0.2, 0.25) is 0 Å². The lowest BCUT2D eigenvalue weighted by molar-refractivity contribution is 0.0739. The molecule has 4 nitrogen and oxygen atoms in total. The third-order valence-corrected chi connectivity index (χ3v) is 4.56. The molecule has 4 heteroatoms. The fourth-order valence-electron chi connectivity index (χ4n) is 3.39. The van der Waals surface area contributed by atoms with Crippen LogP contribution in [0.25, 0.3) is 0 Å². The van der Waals surface area contributed by atoms with Gasteiger partial charge in [-0.1, -0.05) is 18.6 Å². The first-order valence-electron chi connectivity index (χ1n) is 8.38. The predicted molar refractivity (Wildman–Crippen MR) is 88.5 cm³/mol. The van der Waals surface area contributed by atoms with Crippen LogP contribution in [-0.2, 0) is 4.74 Å². The van der Waals surface area contributed by atoms with Gasteiger partial charge in [-0.15, -0.1) is 0 Å². The van der Waals surface area contributed by atoms with Crippen LogP contribution in [0.15, 0.2) is 18.2 Å². The van der Waals surface area contributed by atoms with Gasteiger partial charge in [-0.05, 0) is 37.8 Å². The van der Waals surface area contributed by atoms with Gasteiger partial charge >= 0.3 is 0 Å². The van der Waals surface area contributed by atoms with Gasteiger partial charge in [0.15, 0.2) is 0 Å². The first-order valence-corrected chi connectivity index (χ1v) is 8.38. The number of benzene rings is 1. The molecular weight excluding hydrogens is 276 g/mol. The molecule has 0 radical (unpaired) electrons. The lowest BCUT2D eigenvalue weighted by atomic mass is 10.1. The van der Waals surface area contributed by atoms with E-state index in [4.69, 9.17) is 4.74 Å². The summed E-state index contributed by atoms with van der Waals surface area (Å²) in [7, 11) is 0. The molecule has 0 saturated carbocycles. The van der Waals surface area contributed by atoms with Gasteiger partial charge in [-0.2, -0.15) is 0 Å². The van der Waals surface area contributed by atoms with Crippen LogP contribution < -0.4 is 4.90 Å². The number of amides is 1. The van der Waals surface area contributed by atoms with E-state index >= 15 is 0 Å². The summed E-state index contributed by atoms with van der Waals surface area (Å²) in [5.41, 5.74) is 3.10. The van der Waals surface area contributed by atoms with Crippen molar-refractivity contribution in [2.75, 3.05) is 44.3 Å². The van der Waals surface area contributed by atoms with Gasteiger partial charge in [0.1, 0.15) is 0 Å². The summed E-state index contributed by atoms with van der Waals surface area (Å²) >= 11 is 0. The Morgan fingerprint density at radius 1 is 1.23 bits per heavy atom. The van der Waals surface area contributed by atoms with Crippen LogP contribution in [0.2, 0.25) is 0 Å². The number of ether oxygens (including phenoxy) is 1. The highest BCUT2D eigenvalue weighted by Crippen LogP contribution is 2.27. The largest absolute Gasteiger partial charge is 0.379 e. The molecule has 2 heterocycles. The Morgan fingerprint density at radius 3 is 2.77 bits per heavy atom. The monoisotopic (exact) mass is 302 g/mol. The Kier molecular flexibility index (Phi) is 4.67. The summed E-state index contributed by atoms with van der Waals surface area (Å²) in [6.07, 6.45) is 2.44. The highest BCUT2D eigenvalue weighted by Gasteiger charge is 2.25. The molecule has 1 aromatic rings. The molecule has 1 amide bonds. The molecule has 22 heavy (non-hydrogen) atoms. The van der Waals surface area contributed by atoms with Gasteiger partial charge in [0.25, 0.3) is 5.91 Å². The van der Waals surface area contributed by atoms with Crippen molar-refractivity contribution in [1.82, 2.24) is 4.90 Å². The highest BCUT2D eigenvalue weighted by molar-refractivity contribution is 6.00. The second-order valence-electron chi connectivity index (χ2n) is 6.65. The molecule has 2 saturated heterocycles. The van der Waals surface area contributed by atoms with E-state index in [1.165, 1.54) is 12.8 Å². The molecule has 0 aromatic heterocycles. The SMILES string of the molecule is Cc1ccc(N2CCCC2)c(C(=O)N2CCOCC(C)C2)c1. The molecule has 2 fully saturated rings. The minimum atomic E-state index is 0.156. The van der Waals surface area contributed by atoms with Crippen molar-refractivity contribution in [3.63, 3.8) is 0 Å². The fraction of sp³-hybridized carbons (Fsp3) is 0.611. The van der Waals surface area contributed by atoms with Crippen LogP contribution in [0.3, 0.4) is 0 Å². The predicted octanol–water partition coefficient (Wildman–Crippen LogP) is 2.70. The zero-order chi connectivity index (χ0) is 15.5. The number of rotatable bonds is 2. The van der Waals surface area contributed by atoms with Gasteiger partial charge in [-0.3, -0.25) is 4.79 Å². The molecule has 0 spiro atoms. The van der Waals surface area contributed by atoms with Crippen molar-refractivity contribution in [3.8, 4) is 0 Å². The minimum Gasteiger partial charge on any atom is -0.379 e. The molecule has 1 atom stereocenters. The number of anilines is 1. The molecule has 2 aliphatic rings. The van der Waals surface area contributed by atoms with Gasteiger partial charge in [-0.25, -0.2) is 0 Å². The van der Waals surface area contributed by atoms with E-state index < -0.39 is 0 Å². The van der Waals surface area contributed by atoms with Crippen molar-refractivity contribution >= 4 is 11.6 Å². The molecule has 3 rings (SSSR count). The van der Waals surface area contributed by atoms with Crippen LogP contribution in [-0.4, -0.2) is 50.2 Å². The van der Waals surface area contributed by atoms with Crippen molar-refractivity contribution in [1.29, 1.82) is 0 Å². The average Bonchev–Trinajstić information content (AvgIpc) is 2.95. The van der Waals surface area contributed by atoms with Crippen molar-refractivity contribution in [2.45, 2.75) is 26.7 Å². The fourth-order valence-corrected chi connectivity index (χ4v) is 3.39. The number of nitrogens with zero attached hydrogens (tertiary/aromatic N) is 2. The maximum Gasteiger partial charge on any atom is 0.256 e. The average molecular weight is 302 g/mol. The molecule has 0 bridgehead atoms. The molecular formula is C18H26N2O2.